The molecule has 1 unspecified atom stereocenters. The minimum Gasteiger partial charge on any atom is -0.480 e. The fourth-order valence-electron chi connectivity index (χ4n) is 3.10. The molecular formula is C17H21ClF2N2O4. The zero-order valence-corrected chi connectivity index (χ0v) is 15.1. The third-order valence-corrected chi connectivity index (χ3v) is 4.62. The van der Waals surface area contributed by atoms with E-state index in [4.69, 9.17) is 16.7 Å². The van der Waals surface area contributed by atoms with Crippen LogP contribution >= 0.6 is 11.6 Å². The van der Waals surface area contributed by atoms with Gasteiger partial charge in [0.2, 0.25) is 0 Å². The summed E-state index contributed by atoms with van der Waals surface area (Å²) in [7, 11) is 1.74. The zero-order valence-electron chi connectivity index (χ0n) is 14.3. The van der Waals surface area contributed by atoms with E-state index in [0.717, 1.165) is 6.42 Å². The van der Waals surface area contributed by atoms with Gasteiger partial charge in [0, 0.05) is 24.2 Å². The number of carbonyl (C=O) groups is 2. The molecule has 0 bridgehead atoms. The number of aliphatic carboxylic acids is 1. The standard InChI is InChI=1S/C17H21ClF2N2O4/c1-21(10-15(23)24)12-3-2-7-22(8-6-12)16(25)13-9-11(18)4-5-14(13)26-17(19)20/h4-5,9,12,17H,2-3,6-8,10H2,1H3,(H,23,24). The van der Waals surface area contributed by atoms with E-state index >= 15 is 0 Å². The molecule has 144 valence electrons. The smallest absolute Gasteiger partial charge is 0.387 e. The monoisotopic (exact) mass is 390 g/mol. The maximum atomic E-state index is 12.8. The number of nitrogens with zero attached hydrogens (tertiary/aromatic N) is 2. The molecule has 1 aromatic carbocycles. The predicted octanol–water partition coefficient (Wildman–Crippen LogP) is 2.95. The highest BCUT2D eigenvalue weighted by Crippen LogP contribution is 2.27. The number of likely N-dealkylation sites (tertiary alicyclic amines) is 1. The van der Waals surface area contributed by atoms with Crippen molar-refractivity contribution in [2.75, 3.05) is 26.7 Å². The third kappa shape index (κ3) is 5.54. The highest BCUT2D eigenvalue weighted by molar-refractivity contribution is 6.31. The number of rotatable bonds is 6. The molecule has 1 aliphatic heterocycles. The maximum absolute atomic E-state index is 12.8. The summed E-state index contributed by atoms with van der Waals surface area (Å²) in [5, 5.41) is 9.16. The summed E-state index contributed by atoms with van der Waals surface area (Å²) < 4.78 is 29.6. The second kappa shape index (κ2) is 9.14. The van der Waals surface area contributed by atoms with E-state index in [1.54, 1.807) is 16.8 Å². The molecule has 1 atom stereocenters. The van der Waals surface area contributed by atoms with E-state index in [1.807, 2.05) is 0 Å². The van der Waals surface area contributed by atoms with E-state index in [2.05, 4.69) is 4.74 Å². The Hall–Kier alpha value is -1.93. The Balaban J connectivity index is 2.11. The van der Waals surface area contributed by atoms with E-state index < -0.39 is 18.5 Å². The lowest BCUT2D eigenvalue weighted by molar-refractivity contribution is -0.138. The van der Waals surface area contributed by atoms with Crippen LogP contribution in [-0.2, 0) is 4.79 Å². The van der Waals surface area contributed by atoms with Crippen molar-refractivity contribution in [3.63, 3.8) is 0 Å². The molecule has 0 aromatic heterocycles. The van der Waals surface area contributed by atoms with Crippen molar-refractivity contribution >= 4 is 23.5 Å². The van der Waals surface area contributed by atoms with Crippen molar-refractivity contribution < 1.29 is 28.2 Å². The molecule has 1 aromatic rings. The molecule has 6 nitrogen and oxygen atoms in total. The fraction of sp³-hybridized carbons (Fsp3) is 0.529. The molecule has 9 heteroatoms. The van der Waals surface area contributed by atoms with Gasteiger partial charge in [-0.3, -0.25) is 14.5 Å². The van der Waals surface area contributed by atoms with Gasteiger partial charge in [0.25, 0.3) is 5.91 Å². The largest absolute Gasteiger partial charge is 0.480 e. The first-order valence-corrected chi connectivity index (χ1v) is 8.61. The highest BCUT2D eigenvalue weighted by atomic mass is 35.5. The molecular weight excluding hydrogens is 370 g/mol. The SMILES string of the molecule is CN(CC(=O)O)C1CCCN(C(=O)c2cc(Cl)ccc2OC(F)F)CC1. The van der Waals surface area contributed by atoms with Gasteiger partial charge in [0.05, 0.1) is 12.1 Å². The number of carboxylic acid groups (broad SMARTS) is 1. The first-order valence-electron chi connectivity index (χ1n) is 8.23. The van der Waals surface area contributed by atoms with Crippen LogP contribution in [0.15, 0.2) is 18.2 Å². The summed E-state index contributed by atoms with van der Waals surface area (Å²) in [6, 6.07) is 4.00. The van der Waals surface area contributed by atoms with Gasteiger partial charge in [-0.25, -0.2) is 0 Å². The van der Waals surface area contributed by atoms with E-state index in [0.29, 0.717) is 25.9 Å². The Kier molecular flexibility index (Phi) is 7.16. The van der Waals surface area contributed by atoms with Crippen LogP contribution in [0.3, 0.4) is 0 Å². The number of amides is 1. The summed E-state index contributed by atoms with van der Waals surface area (Å²) in [5.41, 5.74) is -0.00450. The quantitative estimate of drug-likeness (QED) is 0.808. The minimum atomic E-state index is -3.04. The molecule has 1 fully saturated rings. The van der Waals surface area contributed by atoms with Crippen molar-refractivity contribution in [2.24, 2.45) is 0 Å². The van der Waals surface area contributed by atoms with Crippen molar-refractivity contribution in [3.8, 4) is 5.75 Å². The predicted molar refractivity (Wildman–Crippen MR) is 91.9 cm³/mol. The molecule has 1 N–H and O–H groups in total. The number of halogens is 3. The van der Waals surface area contributed by atoms with Crippen LogP contribution in [0.1, 0.15) is 29.6 Å². The van der Waals surface area contributed by atoms with Gasteiger partial charge in [-0.1, -0.05) is 11.6 Å². The number of benzene rings is 1. The lowest BCUT2D eigenvalue weighted by Crippen LogP contribution is -2.37. The summed E-state index contributed by atoms with van der Waals surface area (Å²) in [6.07, 6.45) is 2.04. The summed E-state index contributed by atoms with van der Waals surface area (Å²) >= 11 is 5.91. The van der Waals surface area contributed by atoms with Gasteiger partial charge in [0.1, 0.15) is 5.75 Å². The van der Waals surface area contributed by atoms with Crippen molar-refractivity contribution in [2.45, 2.75) is 31.9 Å². The van der Waals surface area contributed by atoms with E-state index in [1.165, 1.54) is 18.2 Å². The maximum Gasteiger partial charge on any atom is 0.387 e. The molecule has 0 saturated carbocycles. The van der Waals surface area contributed by atoms with Gasteiger partial charge >= 0.3 is 12.6 Å². The van der Waals surface area contributed by atoms with Crippen molar-refractivity contribution in [1.29, 1.82) is 0 Å². The van der Waals surface area contributed by atoms with Gasteiger partial charge in [-0.05, 0) is 44.5 Å². The first-order chi connectivity index (χ1) is 12.3. The van der Waals surface area contributed by atoms with Crippen LogP contribution < -0.4 is 4.74 Å². The highest BCUT2D eigenvalue weighted by Gasteiger charge is 2.26. The molecule has 0 aliphatic carbocycles. The first kappa shape index (κ1) is 20.4. The number of ether oxygens (including phenoxy) is 1. The second-order valence-electron chi connectivity index (χ2n) is 6.20. The molecule has 2 rings (SSSR count). The number of carboxylic acids is 1. The molecule has 26 heavy (non-hydrogen) atoms. The van der Waals surface area contributed by atoms with Crippen LogP contribution in [0.4, 0.5) is 8.78 Å². The fourth-order valence-corrected chi connectivity index (χ4v) is 3.28. The minimum absolute atomic E-state index is 0.00450. The van der Waals surface area contributed by atoms with Gasteiger partial charge in [0.15, 0.2) is 0 Å². The van der Waals surface area contributed by atoms with Crippen LogP contribution in [0.2, 0.25) is 5.02 Å². The summed E-state index contributed by atoms with van der Waals surface area (Å²) in [4.78, 5) is 27.0. The number of likely N-dealkylation sites (N-methyl/N-ethyl adjacent to an activating group) is 1. The average molecular weight is 391 g/mol. The Bertz CT molecular complexity index is 660. The molecule has 0 spiro atoms. The molecule has 1 heterocycles. The number of hydrogen-bond donors (Lipinski definition) is 1. The molecule has 1 aliphatic rings. The summed E-state index contributed by atoms with van der Waals surface area (Å²) in [6.45, 7) is -2.26. The lowest BCUT2D eigenvalue weighted by atomic mass is 10.1. The van der Waals surface area contributed by atoms with Crippen LogP contribution in [0.25, 0.3) is 0 Å². The van der Waals surface area contributed by atoms with Crippen molar-refractivity contribution in [3.05, 3.63) is 28.8 Å². The van der Waals surface area contributed by atoms with E-state index in [9.17, 15) is 18.4 Å². The normalized spacial score (nSPS) is 18.1. The number of carbonyl (C=O) groups excluding carboxylic acids is 1. The molecule has 1 amide bonds. The summed E-state index contributed by atoms with van der Waals surface area (Å²) in [5.74, 6) is -1.54. The van der Waals surface area contributed by atoms with E-state index in [-0.39, 0.29) is 28.9 Å². The Morgan fingerprint density at radius 1 is 1.38 bits per heavy atom. The van der Waals surface area contributed by atoms with Crippen LogP contribution in [-0.4, -0.2) is 66.1 Å². The Labute approximate surface area is 155 Å². The zero-order chi connectivity index (χ0) is 19.3. The van der Waals surface area contributed by atoms with Gasteiger partial charge in [-0.15, -0.1) is 0 Å². The second-order valence-corrected chi connectivity index (χ2v) is 6.64. The Morgan fingerprint density at radius 3 is 2.77 bits per heavy atom. The molecule has 0 radical (unpaired) electrons. The third-order valence-electron chi connectivity index (χ3n) is 4.38. The average Bonchev–Trinajstić information content (AvgIpc) is 2.81. The van der Waals surface area contributed by atoms with Crippen LogP contribution in [0, 0.1) is 0 Å². The topological polar surface area (TPSA) is 70.1 Å². The Morgan fingerprint density at radius 2 is 2.12 bits per heavy atom. The molecule has 1 saturated heterocycles. The van der Waals surface area contributed by atoms with Crippen molar-refractivity contribution in [1.82, 2.24) is 9.80 Å². The number of alkyl halides is 2. The number of hydrogen-bond acceptors (Lipinski definition) is 4. The lowest BCUT2D eigenvalue weighted by Gasteiger charge is -2.26. The van der Waals surface area contributed by atoms with Crippen LogP contribution in [0.5, 0.6) is 5.75 Å². The van der Waals surface area contributed by atoms with Gasteiger partial charge in [-0.2, -0.15) is 8.78 Å². The van der Waals surface area contributed by atoms with Gasteiger partial charge < -0.3 is 14.7 Å².